The van der Waals surface area contributed by atoms with E-state index in [0.29, 0.717) is 20.9 Å². The monoisotopic (exact) mass is 362 g/mol. The summed E-state index contributed by atoms with van der Waals surface area (Å²) >= 11 is 0. The zero-order chi connectivity index (χ0) is 17.8. The molecule has 10 heteroatoms. The van der Waals surface area contributed by atoms with Crippen LogP contribution in [0.15, 0.2) is 42.7 Å². The van der Waals surface area contributed by atoms with Gasteiger partial charge in [-0.1, -0.05) is 6.07 Å². The summed E-state index contributed by atoms with van der Waals surface area (Å²) < 4.78 is 42.1. The molecule has 1 amide bonds. The Morgan fingerprint density at radius 2 is 2.08 bits per heavy atom. The quantitative estimate of drug-likeness (QED) is 0.709. The van der Waals surface area contributed by atoms with E-state index in [1.807, 2.05) is 0 Å². The first-order valence-electron chi connectivity index (χ1n) is 7.15. The highest BCUT2D eigenvalue weighted by atomic mass is 32.2. The topological polar surface area (TPSA) is 104 Å². The summed E-state index contributed by atoms with van der Waals surface area (Å²) in [7, 11) is -4.22. The maximum Gasteiger partial charge on any atom is 0.326 e. The molecule has 0 aliphatic carbocycles. The third-order valence-corrected chi connectivity index (χ3v) is 5.23. The van der Waals surface area contributed by atoms with Gasteiger partial charge in [0.15, 0.2) is 5.82 Å². The van der Waals surface area contributed by atoms with Crippen molar-refractivity contribution >= 4 is 27.3 Å². The van der Waals surface area contributed by atoms with Crippen LogP contribution in [0.3, 0.4) is 0 Å². The number of carbonyl (C=O) groups is 1. The molecule has 1 aliphatic heterocycles. The molecule has 1 saturated heterocycles. The molecule has 3 heterocycles. The fourth-order valence-electron chi connectivity index (χ4n) is 2.79. The number of aromatic hydroxyl groups is 1. The molecule has 0 atom stereocenters. The molecule has 0 radical (unpaired) electrons. The zero-order valence-electron chi connectivity index (χ0n) is 12.5. The van der Waals surface area contributed by atoms with E-state index in [4.69, 9.17) is 0 Å². The fraction of sp³-hybridized carbons (Fsp3) is 0.0667. The second-order valence-electron chi connectivity index (χ2n) is 5.45. The van der Waals surface area contributed by atoms with Crippen molar-refractivity contribution in [2.75, 3.05) is 10.8 Å². The normalized spacial score (nSPS) is 16.4. The molecular formula is C15H11FN4O4S. The van der Waals surface area contributed by atoms with Crippen molar-refractivity contribution in [3.63, 3.8) is 0 Å². The molecule has 25 heavy (non-hydrogen) atoms. The van der Waals surface area contributed by atoms with Crippen molar-refractivity contribution < 1.29 is 22.7 Å². The predicted molar refractivity (Wildman–Crippen MR) is 86.7 cm³/mol. The number of carbonyl (C=O) groups excluding carboxylic acids is 1. The van der Waals surface area contributed by atoms with Crippen molar-refractivity contribution in [3.05, 3.63) is 48.5 Å². The van der Waals surface area contributed by atoms with E-state index in [2.05, 4.69) is 5.10 Å². The summed E-state index contributed by atoms with van der Waals surface area (Å²) in [4.78, 5) is 11.3. The molecule has 1 fully saturated rings. The number of halogens is 1. The second kappa shape index (κ2) is 5.18. The number of fused-ring (bicyclic) bond motifs is 1. The van der Waals surface area contributed by atoms with Crippen molar-refractivity contribution in [2.24, 2.45) is 0 Å². The Morgan fingerprint density at radius 3 is 2.76 bits per heavy atom. The maximum absolute atomic E-state index is 14.6. The Labute approximate surface area is 141 Å². The Hall–Kier alpha value is -3.14. The van der Waals surface area contributed by atoms with Crippen LogP contribution in [-0.2, 0) is 15.0 Å². The van der Waals surface area contributed by atoms with Crippen LogP contribution in [0.4, 0.5) is 10.1 Å². The Balaban J connectivity index is 1.86. The molecule has 0 saturated carbocycles. The third kappa shape index (κ3) is 2.38. The third-order valence-electron chi connectivity index (χ3n) is 3.85. The second-order valence-corrected chi connectivity index (χ2v) is 7.05. The predicted octanol–water partition coefficient (Wildman–Crippen LogP) is 1.03. The van der Waals surface area contributed by atoms with Crippen LogP contribution in [0.25, 0.3) is 16.6 Å². The van der Waals surface area contributed by atoms with E-state index >= 15 is 0 Å². The highest BCUT2D eigenvalue weighted by molar-refractivity contribution is 7.92. The molecule has 1 aromatic carbocycles. The molecule has 2 N–H and O–H groups in total. The lowest BCUT2D eigenvalue weighted by Gasteiger charge is -2.17. The minimum atomic E-state index is -4.22. The van der Waals surface area contributed by atoms with Gasteiger partial charge in [-0.25, -0.2) is 17.9 Å². The van der Waals surface area contributed by atoms with Crippen LogP contribution in [0, 0.1) is 5.82 Å². The van der Waals surface area contributed by atoms with Gasteiger partial charge in [0, 0.05) is 11.8 Å². The number of hydrogen-bond donors (Lipinski definition) is 2. The van der Waals surface area contributed by atoms with Gasteiger partial charge in [0.1, 0.15) is 18.0 Å². The molecule has 3 aromatic rings. The summed E-state index contributed by atoms with van der Waals surface area (Å²) in [6.45, 7) is -0.594. The first-order valence-corrected chi connectivity index (χ1v) is 8.59. The lowest BCUT2D eigenvalue weighted by Crippen LogP contribution is -2.30. The number of anilines is 1. The van der Waals surface area contributed by atoms with E-state index in [0.717, 1.165) is 6.07 Å². The molecule has 128 valence electrons. The largest absolute Gasteiger partial charge is 0.506 e. The average Bonchev–Trinajstić information content (AvgIpc) is 3.07. The van der Waals surface area contributed by atoms with E-state index in [-0.39, 0.29) is 0 Å². The number of nitrogens with zero attached hydrogens (tertiary/aromatic N) is 3. The van der Waals surface area contributed by atoms with Gasteiger partial charge < -0.3 is 5.11 Å². The van der Waals surface area contributed by atoms with Crippen LogP contribution in [-0.4, -0.2) is 35.6 Å². The molecule has 8 nitrogen and oxygen atoms in total. The minimum absolute atomic E-state index is 0.329. The summed E-state index contributed by atoms with van der Waals surface area (Å²) in [5, 5.41) is 14.3. The summed E-state index contributed by atoms with van der Waals surface area (Å²) in [6, 6.07) is 7.68. The van der Waals surface area contributed by atoms with Crippen LogP contribution in [0.2, 0.25) is 0 Å². The van der Waals surface area contributed by atoms with E-state index < -0.39 is 39.9 Å². The first-order chi connectivity index (χ1) is 11.9. The molecule has 0 unspecified atom stereocenters. The molecule has 4 rings (SSSR count). The number of phenolic OH excluding ortho intramolecular Hbond substituents is 1. The van der Waals surface area contributed by atoms with Crippen molar-refractivity contribution in [1.29, 1.82) is 0 Å². The van der Waals surface area contributed by atoms with Gasteiger partial charge in [0.05, 0.1) is 11.7 Å². The molecule has 0 spiro atoms. The first kappa shape index (κ1) is 15.4. The number of benzene rings is 1. The molecular weight excluding hydrogens is 351 g/mol. The van der Waals surface area contributed by atoms with Crippen LogP contribution < -0.4 is 9.03 Å². The number of nitrogens with one attached hydrogen (secondary N) is 1. The van der Waals surface area contributed by atoms with Gasteiger partial charge in [0.2, 0.25) is 0 Å². The molecule has 2 aromatic heterocycles. The minimum Gasteiger partial charge on any atom is -0.506 e. The zero-order valence-corrected chi connectivity index (χ0v) is 13.4. The van der Waals surface area contributed by atoms with Crippen molar-refractivity contribution in [3.8, 4) is 16.9 Å². The lowest BCUT2D eigenvalue weighted by atomic mass is 10.1. The van der Waals surface area contributed by atoms with Crippen LogP contribution in [0.5, 0.6) is 5.75 Å². The highest BCUT2D eigenvalue weighted by Gasteiger charge is 2.37. The summed E-state index contributed by atoms with van der Waals surface area (Å²) in [5.41, 5.74) is 1.02. The maximum atomic E-state index is 14.6. The van der Waals surface area contributed by atoms with Gasteiger partial charge in [0.25, 0.3) is 5.91 Å². The van der Waals surface area contributed by atoms with Gasteiger partial charge in [-0.15, -0.1) is 0 Å². The van der Waals surface area contributed by atoms with E-state index in [1.54, 1.807) is 33.6 Å². The highest BCUT2D eigenvalue weighted by Crippen LogP contribution is 2.38. The van der Waals surface area contributed by atoms with Crippen molar-refractivity contribution in [2.45, 2.75) is 0 Å². The standard InChI is InChI=1S/C15H11FN4O4S/c16-11-5-9(10-7-17-19-4-2-1-3-12(10)19)6-13(21)15(11)20-8-14(22)18-25(20,23)24/h1-7,21H,8H2,(H,18,22). The van der Waals surface area contributed by atoms with Crippen LogP contribution >= 0.6 is 0 Å². The Morgan fingerprint density at radius 1 is 1.28 bits per heavy atom. The summed E-state index contributed by atoms with van der Waals surface area (Å²) in [6.07, 6.45) is 3.23. The van der Waals surface area contributed by atoms with Gasteiger partial charge in [-0.05, 0) is 29.8 Å². The number of amides is 1. The van der Waals surface area contributed by atoms with E-state index in [9.17, 15) is 22.7 Å². The summed E-state index contributed by atoms with van der Waals surface area (Å²) in [5.74, 6) is -2.36. The van der Waals surface area contributed by atoms with Gasteiger partial charge in [-0.3, -0.25) is 4.79 Å². The lowest BCUT2D eigenvalue weighted by molar-refractivity contribution is -0.117. The number of pyridine rings is 1. The van der Waals surface area contributed by atoms with Gasteiger partial charge >= 0.3 is 10.2 Å². The van der Waals surface area contributed by atoms with Gasteiger partial charge in [-0.2, -0.15) is 13.5 Å². The number of aromatic nitrogens is 2. The molecule has 0 bridgehead atoms. The average molecular weight is 362 g/mol. The van der Waals surface area contributed by atoms with Crippen molar-refractivity contribution in [1.82, 2.24) is 14.3 Å². The van der Waals surface area contributed by atoms with Crippen LogP contribution in [0.1, 0.15) is 0 Å². The fourth-order valence-corrected chi connectivity index (χ4v) is 3.96. The Kier molecular flexibility index (Phi) is 3.19. The van der Waals surface area contributed by atoms with E-state index in [1.165, 1.54) is 12.3 Å². The molecule has 1 aliphatic rings. The number of rotatable bonds is 2. The number of hydrogen-bond acceptors (Lipinski definition) is 5. The SMILES string of the molecule is O=C1CN(c2c(O)cc(-c3cnn4ccccc34)cc2F)S(=O)(=O)N1. The number of phenols is 1. The Bertz CT molecular complexity index is 1100. The smallest absolute Gasteiger partial charge is 0.326 e.